The maximum atomic E-state index is 9.16. The van der Waals surface area contributed by atoms with Crippen LogP contribution in [-0.2, 0) is 13.0 Å². The second kappa shape index (κ2) is 6.32. The molecule has 1 atom stereocenters. The van der Waals surface area contributed by atoms with E-state index in [0.29, 0.717) is 5.95 Å². The minimum Gasteiger partial charge on any atom is -0.394 e. The molecule has 22 heavy (non-hydrogen) atoms. The zero-order valence-electron chi connectivity index (χ0n) is 13.1. The van der Waals surface area contributed by atoms with Crippen LogP contribution in [0, 0.1) is 6.92 Å². The molecule has 1 aliphatic rings. The van der Waals surface area contributed by atoms with Crippen LogP contribution in [0.1, 0.15) is 23.7 Å². The Morgan fingerprint density at radius 3 is 2.82 bits per heavy atom. The summed E-state index contributed by atoms with van der Waals surface area (Å²) in [7, 11) is 0. The Morgan fingerprint density at radius 1 is 1.27 bits per heavy atom. The Labute approximate surface area is 131 Å². The number of anilines is 2. The molecule has 0 fully saturated rings. The number of rotatable bonds is 4. The van der Waals surface area contributed by atoms with E-state index in [1.807, 2.05) is 19.9 Å². The van der Waals surface area contributed by atoms with Gasteiger partial charge in [-0.3, -0.25) is 0 Å². The molecule has 1 aromatic carbocycles. The van der Waals surface area contributed by atoms with Crippen LogP contribution in [0.5, 0.6) is 0 Å². The fraction of sp³-hybridized carbons (Fsp3) is 0.412. The molecule has 116 valence electrons. The second-order valence-electron chi connectivity index (χ2n) is 5.86. The molecule has 1 aromatic heterocycles. The second-order valence-corrected chi connectivity index (χ2v) is 5.86. The van der Waals surface area contributed by atoms with Crippen LogP contribution in [0.2, 0.25) is 0 Å². The van der Waals surface area contributed by atoms with E-state index in [2.05, 4.69) is 44.5 Å². The summed E-state index contributed by atoms with van der Waals surface area (Å²) in [4.78, 5) is 11.3. The van der Waals surface area contributed by atoms with Gasteiger partial charge >= 0.3 is 0 Å². The predicted octanol–water partition coefficient (Wildman–Crippen LogP) is 2.14. The summed E-state index contributed by atoms with van der Waals surface area (Å²) in [5.74, 6) is 1.52. The van der Waals surface area contributed by atoms with Gasteiger partial charge in [0.05, 0.1) is 6.61 Å². The third kappa shape index (κ3) is 3.20. The molecule has 0 unspecified atom stereocenters. The SMILES string of the molecule is Cc1cc(N2CCc3ccccc3C2)nc(N[C@@H](C)CO)n1. The summed E-state index contributed by atoms with van der Waals surface area (Å²) < 4.78 is 0. The quantitative estimate of drug-likeness (QED) is 0.905. The lowest BCUT2D eigenvalue weighted by atomic mass is 10.00. The van der Waals surface area contributed by atoms with E-state index < -0.39 is 0 Å². The number of hydrogen-bond acceptors (Lipinski definition) is 5. The highest BCUT2D eigenvalue weighted by Gasteiger charge is 2.18. The molecule has 2 aromatic rings. The first kappa shape index (κ1) is 14.8. The number of aromatic nitrogens is 2. The minimum absolute atomic E-state index is 0.0586. The van der Waals surface area contributed by atoms with Gasteiger partial charge in [-0.1, -0.05) is 24.3 Å². The van der Waals surface area contributed by atoms with Crippen molar-refractivity contribution < 1.29 is 5.11 Å². The lowest BCUT2D eigenvalue weighted by molar-refractivity contribution is 0.281. The molecule has 1 aliphatic heterocycles. The molecule has 2 N–H and O–H groups in total. The Morgan fingerprint density at radius 2 is 2.05 bits per heavy atom. The number of fused-ring (bicyclic) bond motifs is 1. The third-order valence-corrected chi connectivity index (χ3v) is 3.94. The van der Waals surface area contributed by atoms with Crippen LogP contribution in [0.15, 0.2) is 30.3 Å². The van der Waals surface area contributed by atoms with E-state index in [4.69, 9.17) is 5.11 Å². The van der Waals surface area contributed by atoms with Gasteiger partial charge in [0.1, 0.15) is 5.82 Å². The van der Waals surface area contributed by atoms with Crippen molar-refractivity contribution in [3.63, 3.8) is 0 Å². The maximum absolute atomic E-state index is 9.16. The number of nitrogens with one attached hydrogen (secondary N) is 1. The molecule has 0 aliphatic carbocycles. The van der Waals surface area contributed by atoms with Crippen molar-refractivity contribution in [3.05, 3.63) is 47.2 Å². The molecular weight excluding hydrogens is 276 g/mol. The summed E-state index contributed by atoms with van der Waals surface area (Å²) in [6, 6.07) is 10.5. The third-order valence-electron chi connectivity index (χ3n) is 3.94. The Kier molecular flexibility index (Phi) is 4.24. The average molecular weight is 298 g/mol. The van der Waals surface area contributed by atoms with E-state index in [0.717, 1.165) is 31.0 Å². The van der Waals surface area contributed by atoms with Crippen molar-refractivity contribution in [3.8, 4) is 0 Å². The van der Waals surface area contributed by atoms with Gasteiger partial charge in [-0.25, -0.2) is 4.98 Å². The first-order valence-electron chi connectivity index (χ1n) is 7.70. The van der Waals surface area contributed by atoms with Crippen molar-refractivity contribution in [2.24, 2.45) is 0 Å². The standard InChI is InChI=1S/C17H22N4O/c1-12-9-16(20-17(18-12)19-13(2)11-22)21-8-7-14-5-3-4-6-15(14)10-21/h3-6,9,13,22H,7-8,10-11H2,1-2H3,(H,18,19,20)/t13-/m0/s1. The monoisotopic (exact) mass is 298 g/mol. The molecule has 0 saturated heterocycles. The van der Waals surface area contributed by atoms with E-state index >= 15 is 0 Å². The van der Waals surface area contributed by atoms with E-state index in [1.165, 1.54) is 11.1 Å². The van der Waals surface area contributed by atoms with Crippen molar-refractivity contribution in [1.29, 1.82) is 0 Å². The van der Waals surface area contributed by atoms with Crippen LogP contribution in [0.25, 0.3) is 0 Å². The number of hydrogen-bond donors (Lipinski definition) is 2. The van der Waals surface area contributed by atoms with E-state index in [9.17, 15) is 0 Å². The van der Waals surface area contributed by atoms with Crippen molar-refractivity contribution in [2.45, 2.75) is 32.9 Å². The summed E-state index contributed by atoms with van der Waals surface area (Å²) >= 11 is 0. The van der Waals surface area contributed by atoms with E-state index in [1.54, 1.807) is 0 Å². The fourth-order valence-corrected chi connectivity index (χ4v) is 2.74. The lowest BCUT2D eigenvalue weighted by Crippen LogP contribution is -2.31. The Bertz CT molecular complexity index is 659. The number of aryl methyl sites for hydroxylation is 1. The van der Waals surface area contributed by atoms with Crippen molar-refractivity contribution in [2.75, 3.05) is 23.4 Å². The highest BCUT2D eigenvalue weighted by molar-refractivity contribution is 5.48. The van der Waals surface area contributed by atoms with Gasteiger partial charge in [0.2, 0.25) is 5.95 Å². The van der Waals surface area contributed by atoms with Gasteiger partial charge < -0.3 is 15.3 Å². The first-order chi connectivity index (χ1) is 10.7. The smallest absolute Gasteiger partial charge is 0.225 e. The zero-order chi connectivity index (χ0) is 15.5. The minimum atomic E-state index is -0.0586. The predicted molar refractivity (Wildman–Crippen MR) is 88.1 cm³/mol. The maximum Gasteiger partial charge on any atom is 0.225 e. The molecular formula is C17H22N4O. The molecule has 2 heterocycles. The van der Waals surface area contributed by atoms with Gasteiger partial charge in [-0.2, -0.15) is 4.98 Å². The number of benzene rings is 1. The highest BCUT2D eigenvalue weighted by Crippen LogP contribution is 2.24. The molecule has 0 bridgehead atoms. The normalized spacial score (nSPS) is 15.3. The molecule has 0 radical (unpaired) electrons. The number of aliphatic hydroxyl groups excluding tert-OH is 1. The highest BCUT2D eigenvalue weighted by atomic mass is 16.3. The van der Waals surface area contributed by atoms with Gasteiger partial charge in [0, 0.05) is 30.9 Å². The Balaban J connectivity index is 1.83. The molecule has 3 rings (SSSR count). The lowest BCUT2D eigenvalue weighted by Gasteiger charge is -2.30. The summed E-state index contributed by atoms with van der Waals surface area (Å²) in [5, 5.41) is 12.3. The van der Waals surface area contributed by atoms with Crippen molar-refractivity contribution in [1.82, 2.24) is 9.97 Å². The van der Waals surface area contributed by atoms with Crippen LogP contribution in [0.4, 0.5) is 11.8 Å². The first-order valence-corrected chi connectivity index (χ1v) is 7.70. The largest absolute Gasteiger partial charge is 0.394 e. The van der Waals surface area contributed by atoms with Crippen LogP contribution >= 0.6 is 0 Å². The van der Waals surface area contributed by atoms with Crippen LogP contribution < -0.4 is 10.2 Å². The fourth-order valence-electron chi connectivity index (χ4n) is 2.74. The van der Waals surface area contributed by atoms with Crippen LogP contribution in [0.3, 0.4) is 0 Å². The molecule has 5 heteroatoms. The van der Waals surface area contributed by atoms with Gasteiger partial charge in [-0.05, 0) is 31.4 Å². The summed E-state index contributed by atoms with van der Waals surface area (Å²) in [6.07, 6.45) is 1.04. The molecule has 0 amide bonds. The van der Waals surface area contributed by atoms with Crippen LogP contribution in [-0.4, -0.2) is 34.3 Å². The summed E-state index contributed by atoms with van der Waals surface area (Å²) in [6.45, 7) is 5.77. The topological polar surface area (TPSA) is 61.3 Å². The van der Waals surface area contributed by atoms with Crippen molar-refractivity contribution >= 4 is 11.8 Å². The van der Waals surface area contributed by atoms with Gasteiger partial charge in [0.25, 0.3) is 0 Å². The number of aliphatic hydroxyl groups is 1. The average Bonchev–Trinajstić information content (AvgIpc) is 2.53. The molecule has 5 nitrogen and oxygen atoms in total. The van der Waals surface area contributed by atoms with Gasteiger partial charge in [0.15, 0.2) is 0 Å². The van der Waals surface area contributed by atoms with E-state index in [-0.39, 0.29) is 12.6 Å². The van der Waals surface area contributed by atoms with Gasteiger partial charge in [-0.15, -0.1) is 0 Å². The zero-order valence-corrected chi connectivity index (χ0v) is 13.1. The summed E-state index contributed by atoms with van der Waals surface area (Å²) in [5.41, 5.74) is 3.72. The molecule has 0 spiro atoms. The Hall–Kier alpha value is -2.14. The number of nitrogens with zero attached hydrogens (tertiary/aromatic N) is 3. The molecule has 0 saturated carbocycles.